The molecule has 31 heavy (non-hydrogen) atoms. The lowest BCUT2D eigenvalue weighted by atomic mass is 10.1. The van der Waals surface area contributed by atoms with E-state index in [1.165, 1.54) is 18.2 Å². The van der Waals surface area contributed by atoms with Gasteiger partial charge in [0, 0.05) is 27.9 Å². The number of carbonyl (C=O) groups excluding carboxylic acids is 2. The van der Waals surface area contributed by atoms with E-state index in [1.807, 2.05) is 0 Å². The van der Waals surface area contributed by atoms with Crippen molar-refractivity contribution in [3.63, 3.8) is 0 Å². The summed E-state index contributed by atoms with van der Waals surface area (Å²) < 4.78 is 24.1. The minimum absolute atomic E-state index is 0.113. The molecule has 0 bridgehead atoms. The van der Waals surface area contributed by atoms with E-state index in [2.05, 4.69) is 10.6 Å². The number of benzene rings is 3. The van der Waals surface area contributed by atoms with Crippen LogP contribution in [0.1, 0.15) is 26.5 Å². The van der Waals surface area contributed by atoms with Crippen molar-refractivity contribution < 1.29 is 23.1 Å². The molecule has 0 unspecified atom stereocenters. The van der Waals surface area contributed by atoms with Crippen molar-refractivity contribution in [3.05, 3.63) is 89.4 Å². The van der Waals surface area contributed by atoms with Gasteiger partial charge in [-0.1, -0.05) is 0 Å². The minimum atomic E-state index is -0.454. The van der Waals surface area contributed by atoms with E-state index in [0.717, 1.165) is 0 Å². The van der Waals surface area contributed by atoms with Crippen molar-refractivity contribution in [3.8, 4) is 5.75 Å². The Morgan fingerprint density at radius 3 is 2.13 bits per heavy atom. The molecule has 6 nitrogen and oxygen atoms in total. The third kappa shape index (κ3) is 4.25. The molecule has 2 N–H and O–H groups in total. The van der Waals surface area contributed by atoms with Crippen LogP contribution in [0.4, 0.5) is 15.8 Å². The van der Waals surface area contributed by atoms with Gasteiger partial charge in [-0.05, 0) is 73.7 Å². The van der Waals surface area contributed by atoms with Crippen molar-refractivity contribution >= 4 is 34.2 Å². The fourth-order valence-corrected chi connectivity index (χ4v) is 3.18. The Bertz CT molecular complexity index is 1260. The standard InChI is InChI=1S/C24H19FN2O4/c1-14-20-13-16(25)5-12-21(20)31-22(14)24(29)27-17-6-3-15(4-7-17)23(28)26-18-8-10-19(30-2)11-9-18/h3-13H,1-2H3,(H,26,28)(H,27,29). The van der Waals surface area contributed by atoms with Crippen LogP contribution in [0.3, 0.4) is 0 Å². The van der Waals surface area contributed by atoms with Crippen molar-refractivity contribution in [1.82, 2.24) is 0 Å². The van der Waals surface area contributed by atoms with Gasteiger partial charge in [-0.15, -0.1) is 0 Å². The summed E-state index contributed by atoms with van der Waals surface area (Å²) in [6.45, 7) is 1.70. The highest BCUT2D eigenvalue weighted by Gasteiger charge is 2.18. The predicted molar refractivity (Wildman–Crippen MR) is 116 cm³/mol. The lowest BCUT2D eigenvalue weighted by Crippen LogP contribution is -2.14. The van der Waals surface area contributed by atoms with E-state index in [1.54, 1.807) is 62.6 Å². The lowest BCUT2D eigenvalue weighted by Gasteiger charge is -2.08. The Morgan fingerprint density at radius 2 is 1.48 bits per heavy atom. The average molecular weight is 418 g/mol. The number of aryl methyl sites for hydroxylation is 1. The summed E-state index contributed by atoms with van der Waals surface area (Å²) >= 11 is 0. The summed E-state index contributed by atoms with van der Waals surface area (Å²) in [7, 11) is 1.57. The number of rotatable bonds is 5. The molecular weight excluding hydrogens is 399 g/mol. The number of furan rings is 1. The first-order chi connectivity index (χ1) is 14.9. The first-order valence-electron chi connectivity index (χ1n) is 9.50. The van der Waals surface area contributed by atoms with Crippen LogP contribution in [-0.2, 0) is 0 Å². The Kier molecular flexibility index (Phi) is 5.41. The predicted octanol–water partition coefficient (Wildman–Crippen LogP) is 5.39. The fourth-order valence-electron chi connectivity index (χ4n) is 3.18. The zero-order valence-corrected chi connectivity index (χ0v) is 16.9. The summed E-state index contributed by atoms with van der Waals surface area (Å²) in [5.74, 6) is -0.320. The highest BCUT2D eigenvalue weighted by molar-refractivity contribution is 6.07. The van der Waals surface area contributed by atoms with Gasteiger partial charge in [0.2, 0.25) is 0 Å². The van der Waals surface area contributed by atoms with Crippen LogP contribution in [0.2, 0.25) is 0 Å². The molecule has 1 aromatic heterocycles. The zero-order valence-electron chi connectivity index (χ0n) is 16.9. The molecule has 4 aromatic rings. The van der Waals surface area contributed by atoms with Gasteiger partial charge in [0.05, 0.1) is 7.11 Å². The highest BCUT2D eigenvalue weighted by atomic mass is 19.1. The number of fused-ring (bicyclic) bond motifs is 1. The van der Waals surface area contributed by atoms with Crippen molar-refractivity contribution in [2.75, 3.05) is 17.7 Å². The van der Waals surface area contributed by atoms with Crippen LogP contribution in [-0.4, -0.2) is 18.9 Å². The summed E-state index contributed by atoms with van der Waals surface area (Å²) in [5, 5.41) is 6.08. The number of nitrogens with one attached hydrogen (secondary N) is 2. The molecule has 0 saturated heterocycles. The first-order valence-corrected chi connectivity index (χ1v) is 9.50. The van der Waals surface area contributed by atoms with Gasteiger partial charge in [0.25, 0.3) is 11.8 Å². The van der Waals surface area contributed by atoms with Crippen molar-refractivity contribution in [2.45, 2.75) is 6.92 Å². The van der Waals surface area contributed by atoms with E-state index >= 15 is 0 Å². The fraction of sp³-hybridized carbons (Fsp3) is 0.0833. The van der Waals surface area contributed by atoms with Gasteiger partial charge in [0.15, 0.2) is 5.76 Å². The maximum Gasteiger partial charge on any atom is 0.291 e. The molecule has 0 fully saturated rings. The van der Waals surface area contributed by atoms with Crippen LogP contribution in [0.25, 0.3) is 11.0 Å². The maximum atomic E-state index is 13.5. The van der Waals surface area contributed by atoms with E-state index in [0.29, 0.717) is 39.2 Å². The molecule has 0 aliphatic rings. The molecule has 0 atom stereocenters. The molecule has 7 heteroatoms. The SMILES string of the molecule is COc1ccc(NC(=O)c2ccc(NC(=O)c3oc4ccc(F)cc4c3C)cc2)cc1. The van der Waals surface area contributed by atoms with Crippen LogP contribution < -0.4 is 15.4 Å². The van der Waals surface area contributed by atoms with E-state index < -0.39 is 11.7 Å². The van der Waals surface area contributed by atoms with Crippen LogP contribution in [0, 0.1) is 12.7 Å². The van der Waals surface area contributed by atoms with Gasteiger partial charge in [-0.25, -0.2) is 4.39 Å². The molecule has 0 aliphatic carbocycles. The Labute approximate surface area is 177 Å². The van der Waals surface area contributed by atoms with E-state index in [9.17, 15) is 14.0 Å². The van der Waals surface area contributed by atoms with Crippen LogP contribution in [0.15, 0.2) is 71.1 Å². The molecule has 2 amide bonds. The Balaban J connectivity index is 1.45. The second-order valence-electron chi connectivity index (χ2n) is 6.91. The second kappa shape index (κ2) is 8.31. The van der Waals surface area contributed by atoms with Crippen molar-refractivity contribution in [1.29, 1.82) is 0 Å². The Hall–Kier alpha value is -4.13. The number of ether oxygens (including phenoxy) is 1. The normalized spacial score (nSPS) is 10.7. The average Bonchev–Trinajstić information content (AvgIpc) is 3.10. The number of hydrogen-bond acceptors (Lipinski definition) is 4. The number of methoxy groups -OCH3 is 1. The monoisotopic (exact) mass is 418 g/mol. The minimum Gasteiger partial charge on any atom is -0.497 e. The molecule has 0 radical (unpaired) electrons. The number of anilines is 2. The van der Waals surface area contributed by atoms with Gasteiger partial charge in [-0.3, -0.25) is 9.59 Å². The summed E-state index contributed by atoms with van der Waals surface area (Å²) in [5.41, 5.74) is 2.57. The van der Waals surface area contributed by atoms with Gasteiger partial charge in [0.1, 0.15) is 17.1 Å². The molecule has 156 valence electrons. The van der Waals surface area contributed by atoms with Crippen LogP contribution >= 0.6 is 0 Å². The van der Waals surface area contributed by atoms with Crippen molar-refractivity contribution in [2.24, 2.45) is 0 Å². The molecule has 3 aromatic carbocycles. The quantitative estimate of drug-likeness (QED) is 0.455. The van der Waals surface area contributed by atoms with E-state index in [-0.39, 0.29) is 11.7 Å². The topological polar surface area (TPSA) is 80.6 Å². The second-order valence-corrected chi connectivity index (χ2v) is 6.91. The summed E-state index contributed by atoms with van der Waals surface area (Å²) in [6, 6.07) is 17.6. The smallest absolute Gasteiger partial charge is 0.291 e. The molecule has 0 saturated carbocycles. The zero-order chi connectivity index (χ0) is 22.0. The molecule has 4 rings (SSSR count). The Morgan fingerprint density at radius 1 is 0.871 bits per heavy atom. The third-order valence-corrected chi connectivity index (χ3v) is 4.86. The highest BCUT2D eigenvalue weighted by Crippen LogP contribution is 2.27. The number of hydrogen-bond donors (Lipinski definition) is 2. The first kappa shape index (κ1) is 20.2. The third-order valence-electron chi connectivity index (χ3n) is 4.86. The number of amides is 2. The number of carbonyl (C=O) groups is 2. The van der Waals surface area contributed by atoms with Gasteiger partial charge < -0.3 is 19.8 Å². The molecule has 1 heterocycles. The summed E-state index contributed by atoms with van der Waals surface area (Å²) in [4.78, 5) is 25.0. The molecular formula is C24H19FN2O4. The van der Waals surface area contributed by atoms with Crippen LogP contribution in [0.5, 0.6) is 5.75 Å². The summed E-state index contributed by atoms with van der Waals surface area (Å²) in [6.07, 6.45) is 0. The lowest BCUT2D eigenvalue weighted by molar-refractivity contribution is 0.0996. The number of halogens is 1. The molecule has 0 aliphatic heterocycles. The largest absolute Gasteiger partial charge is 0.497 e. The van der Waals surface area contributed by atoms with Gasteiger partial charge in [-0.2, -0.15) is 0 Å². The van der Waals surface area contributed by atoms with E-state index in [4.69, 9.17) is 9.15 Å². The van der Waals surface area contributed by atoms with Gasteiger partial charge >= 0.3 is 0 Å². The molecule has 0 spiro atoms. The maximum absolute atomic E-state index is 13.5.